The number of fused-ring (bicyclic) bond motifs is 1. The molecule has 0 aliphatic carbocycles. The van der Waals surface area contributed by atoms with Crippen LogP contribution in [0.15, 0.2) is 65.7 Å². The van der Waals surface area contributed by atoms with Crippen LogP contribution in [0.3, 0.4) is 0 Å². The highest BCUT2D eigenvalue weighted by atomic mass is 32.2. The van der Waals surface area contributed by atoms with Crippen molar-refractivity contribution in [3.8, 4) is 0 Å². The number of para-hydroxylation sites is 1. The molecule has 0 radical (unpaired) electrons. The summed E-state index contributed by atoms with van der Waals surface area (Å²) in [7, 11) is -3.86. The van der Waals surface area contributed by atoms with Crippen LogP contribution < -0.4 is 5.73 Å². The first-order valence-electron chi connectivity index (χ1n) is 10.3. The van der Waals surface area contributed by atoms with E-state index in [1.54, 1.807) is 6.07 Å². The quantitative estimate of drug-likeness (QED) is 0.446. The number of aromatic nitrogens is 2. The predicted octanol–water partition coefficient (Wildman–Crippen LogP) is 4.25. The second kappa shape index (κ2) is 8.24. The van der Waals surface area contributed by atoms with Gasteiger partial charge in [-0.1, -0.05) is 35.9 Å². The zero-order valence-electron chi connectivity index (χ0n) is 18.3. The van der Waals surface area contributed by atoms with Crippen molar-refractivity contribution in [3.05, 3.63) is 88.7 Å². The maximum absolute atomic E-state index is 13.3. The van der Waals surface area contributed by atoms with Gasteiger partial charge in [-0.25, -0.2) is 13.4 Å². The van der Waals surface area contributed by atoms with Crippen LogP contribution in [0.5, 0.6) is 0 Å². The first-order chi connectivity index (χ1) is 15.2. The number of nitrogens with zero attached hydrogens (tertiary/aromatic N) is 2. The van der Waals surface area contributed by atoms with Gasteiger partial charge >= 0.3 is 0 Å². The number of nitrogen functional groups attached to an aromatic ring is 1. The third kappa shape index (κ3) is 4.16. The number of aryl methyl sites for hydroxylation is 3. The van der Waals surface area contributed by atoms with Crippen LogP contribution in [0.2, 0.25) is 0 Å². The van der Waals surface area contributed by atoms with Crippen molar-refractivity contribution in [1.82, 2.24) is 9.55 Å². The zero-order chi connectivity index (χ0) is 23.0. The fraction of sp³-hybridized carbons (Fsp3) is 0.200. The lowest BCUT2D eigenvalue weighted by Gasteiger charge is -2.16. The van der Waals surface area contributed by atoms with Gasteiger partial charge in [0.05, 0.1) is 10.6 Å². The molecular formula is C25H25N3O3S. The first kappa shape index (κ1) is 21.8. The molecule has 0 amide bonds. The smallest absolute Gasteiger partial charge is 0.194 e. The number of pyridine rings is 1. The van der Waals surface area contributed by atoms with E-state index in [0.29, 0.717) is 12.2 Å². The molecule has 0 aliphatic heterocycles. The Bertz CT molecular complexity index is 1430. The Kier molecular flexibility index (Phi) is 5.60. The van der Waals surface area contributed by atoms with E-state index in [4.69, 9.17) is 5.73 Å². The van der Waals surface area contributed by atoms with Gasteiger partial charge in [-0.3, -0.25) is 4.79 Å². The molecule has 4 aromatic rings. The molecule has 2 heterocycles. The van der Waals surface area contributed by atoms with Gasteiger partial charge in [0.1, 0.15) is 11.6 Å². The lowest BCUT2D eigenvalue weighted by Crippen LogP contribution is -2.20. The Morgan fingerprint density at radius 1 is 1.00 bits per heavy atom. The molecule has 0 saturated heterocycles. The fourth-order valence-electron chi connectivity index (χ4n) is 4.18. The number of carbonyl (C=O) groups excluding carboxylic acids is 1. The maximum Gasteiger partial charge on any atom is 0.194 e. The van der Waals surface area contributed by atoms with Crippen molar-refractivity contribution in [1.29, 1.82) is 0 Å². The van der Waals surface area contributed by atoms with E-state index in [2.05, 4.69) is 37.9 Å². The van der Waals surface area contributed by atoms with Crippen LogP contribution in [0.25, 0.3) is 10.9 Å². The fourth-order valence-corrected chi connectivity index (χ4v) is 5.41. The Morgan fingerprint density at radius 2 is 1.69 bits per heavy atom. The van der Waals surface area contributed by atoms with Crippen LogP contribution in [0.4, 0.5) is 5.82 Å². The van der Waals surface area contributed by atoms with Gasteiger partial charge in [-0.05, 0) is 61.7 Å². The minimum atomic E-state index is -3.86. The van der Waals surface area contributed by atoms with E-state index in [1.807, 2.05) is 28.8 Å². The highest BCUT2D eigenvalue weighted by molar-refractivity contribution is 7.92. The Balaban J connectivity index is 1.77. The van der Waals surface area contributed by atoms with E-state index in [9.17, 15) is 13.2 Å². The van der Waals surface area contributed by atoms with Gasteiger partial charge in [-0.2, -0.15) is 0 Å². The van der Waals surface area contributed by atoms with Crippen LogP contribution in [-0.2, 0) is 16.4 Å². The Labute approximate surface area is 187 Å². The molecule has 2 aromatic carbocycles. The summed E-state index contributed by atoms with van der Waals surface area (Å²) in [5.74, 6) is -1.00. The molecule has 7 heteroatoms. The second-order valence-electron chi connectivity index (χ2n) is 8.15. The van der Waals surface area contributed by atoms with Crippen molar-refractivity contribution in [2.24, 2.45) is 0 Å². The second-order valence-corrected chi connectivity index (χ2v) is 10.1. The molecule has 6 nitrogen and oxygen atoms in total. The minimum Gasteiger partial charge on any atom is -0.384 e. The number of rotatable bonds is 6. The van der Waals surface area contributed by atoms with E-state index in [-0.39, 0.29) is 10.7 Å². The Morgan fingerprint density at radius 3 is 2.38 bits per heavy atom. The maximum atomic E-state index is 13.3. The topological polar surface area (TPSA) is 95.0 Å². The summed E-state index contributed by atoms with van der Waals surface area (Å²) in [6, 6.07) is 16.3. The number of hydrogen-bond donors (Lipinski definition) is 1. The number of anilines is 1. The largest absolute Gasteiger partial charge is 0.384 e. The lowest BCUT2D eigenvalue weighted by atomic mass is 9.99. The molecule has 0 spiro atoms. The van der Waals surface area contributed by atoms with E-state index >= 15 is 0 Å². The molecule has 164 valence electrons. The lowest BCUT2D eigenvalue weighted by molar-refractivity contribution is 0.101. The first-order valence-corrected chi connectivity index (χ1v) is 11.9. The third-order valence-electron chi connectivity index (χ3n) is 5.69. The molecule has 0 fully saturated rings. The van der Waals surface area contributed by atoms with Crippen molar-refractivity contribution in [2.45, 2.75) is 32.2 Å². The summed E-state index contributed by atoms with van der Waals surface area (Å²) in [4.78, 5) is 17.1. The van der Waals surface area contributed by atoms with Gasteiger partial charge in [-0.15, -0.1) is 0 Å². The molecule has 0 unspecified atom stereocenters. The van der Waals surface area contributed by atoms with Crippen molar-refractivity contribution in [2.75, 3.05) is 11.5 Å². The number of nitrogens with two attached hydrogens (primary N) is 1. The average Bonchev–Trinajstić information content (AvgIpc) is 3.09. The SMILES string of the molecule is Cc1cc(C)c(Cn2c(C(=O)CS(=O)(=O)c3ccnc(N)c3)cc3ccccc32)c(C)c1. The number of hydrogen-bond acceptors (Lipinski definition) is 5. The summed E-state index contributed by atoms with van der Waals surface area (Å²) < 4.78 is 27.7. The normalized spacial score (nSPS) is 11.7. The molecule has 2 aromatic heterocycles. The van der Waals surface area contributed by atoms with Gasteiger partial charge in [0, 0.05) is 23.6 Å². The van der Waals surface area contributed by atoms with Crippen LogP contribution >= 0.6 is 0 Å². The summed E-state index contributed by atoms with van der Waals surface area (Å²) in [6.07, 6.45) is 1.33. The van der Waals surface area contributed by atoms with Crippen LogP contribution in [0.1, 0.15) is 32.7 Å². The van der Waals surface area contributed by atoms with Crippen LogP contribution in [-0.4, -0.2) is 29.5 Å². The predicted molar refractivity (Wildman–Crippen MR) is 127 cm³/mol. The molecular weight excluding hydrogens is 422 g/mol. The number of Topliss-reactive ketones (excluding diaryl/α,β-unsaturated/α-hetero) is 1. The molecule has 32 heavy (non-hydrogen) atoms. The standard InChI is InChI=1S/C25H25N3O3S/c1-16-10-17(2)21(18(3)11-16)14-28-22-7-5-4-6-19(22)12-23(28)24(29)15-32(30,31)20-8-9-27-25(26)13-20/h4-13H,14-15H2,1-3H3,(H2,26,27). The van der Waals surface area contributed by atoms with Crippen LogP contribution in [0, 0.1) is 20.8 Å². The van der Waals surface area contributed by atoms with Gasteiger partial charge < -0.3 is 10.3 Å². The van der Waals surface area contributed by atoms with E-state index in [0.717, 1.165) is 27.6 Å². The minimum absolute atomic E-state index is 0.00812. The summed E-state index contributed by atoms with van der Waals surface area (Å²) in [5, 5.41) is 0.892. The highest BCUT2D eigenvalue weighted by Gasteiger charge is 2.24. The third-order valence-corrected chi connectivity index (χ3v) is 7.30. The number of carbonyl (C=O) groups is 1. The average molecular weight is 448 g/mol. The molecule has 4 rings (SSSR count). The van der Waals surface area contributed by atoms with Gasteiger partial charge in [0.2, 0.25) is 0 Å². The van der Waals surface area contributed by atoms with Gasteiger partial charge in [0.15, 0.2) is 15.6 Å². The molecule has 0 atom stereocenters. The molecule has 0 aliphatic rings. The van der Waals surface area contributed by atoms with Crippen molar-refractivity contribution < 1.29 is 13.2 Å². The highest BCUT2D eigenvalue weighted by Crippen LogP contribution is 2.26. The summed E-state index contributed by atoms with van der Waals surface area (Å²) >= 11 is 0. The van der Waals surface area contributed by atoms with Gasteiger partial charge in [0.25, 0.3) is 0 Å². The summed E-state index contributed by atoms with van der Waals surface area (Å²) in [6.45, 7) is 6.65. The number of ketones is 1. The molecule has 0 bridgehead atoms. The Hall–Kier alpha value is -3.45. The number of benzene rings is 2. The molecule has 0 saturated carbocycles. The zero-order valence-corrected chi connectivity index (χ0v) is 19.1. The van der Waals surface area contributed by atoms with E-state index in [1.165, 1.54) is 23.9 Å². The summed E-state index contributed by atoms with van der Waals surface area (Å²) in [5.41, 5.74) is 11.5. The van der Waals surface area contributed by atoms with Crippen molar-refractivity contribution >= 4 is 32.3 Å². The monoisotopic (exact) mass is 447 g/mol. The van der Waals surface area contributed by atoms with E-state index < -0.39 is 21.4 Å². The van der Waals surface area contributed by atoms with Crippen molar-refractivity contribution in [3.63, 3.8) is 0 Å². The molecule has 2 N–H and O–H groups in total. The number of sulfone groups is 1.